The molecule has 6 heteroatoms. The fourth-order valence-corrected chi connectivity index (χ4v) is 4.32. The Kier molecular flexibility index (Phi) is 5.01. The van der Waals surface area contributed by atoms with Gasteiger partial charge < -0.3 is 10.5 Å². The number of benzene rings is 1. The number of ether oxygens (including phenoxy) is 1. The van der Waals surface area contributed by atoms with E-state index in [2.05, 4.69) is 0 Å². The van der Waals surface area contributed by atoms with Crippen molar-refractivity contribution in [2.75, 3.05) is 25.5 Å². The van der Waals surface area contributed by atoms with Crippen LogP contribution in [0.4, 0.5) is 5.69 Å². The van der Waals surface area contributed by atoms with E-state index in [1.807, 2.05) is 25.1 Å². The van der Waals surface area contributed by atoms with Crippen molar-refractivity contribution in [3.05, 3.63) is 29.8 Å². The zero-order valence-electron chi connectivity index (χ0n) is 11.8. The number of rotatable bonds is 5. The number of sulfonamides is 1. The molecule has 112 valence electrons. The molecule has 0 saturated carbocycles. The van der Waals surface area contributed by atoms with E-state index in [1.54, 1.807) is 6.07 Å². The molecule has 1 saturated heterocycles. The van der Waals surface area contributed by atoms with E-state index in [9.17, 15) is 8.42 Å². The van der Waals surface area contributed by atoms with Crippen LogP contribution in [0.3, 0.4) is 0 Å². The minimum atomic E-state index is -3.29. The van der Waals surface area contributed by atoms with Gasteiger partial charge in [-0.2, -0.15) is 4.31 Å². The van der Waals surface area contributed by atoms with Gasteiger partial charge in [-0.05, 0) is 24.5 Å². The van der Waals surface area contributed by atoms with E-state index in [0.717, 1.165) is 5.56 Å². The van der Waals surface area contributed by atoms with Gasteiger partial charge in [-0.1, -0.05) is 25.1 Å². The fourth-order valence-electron chi connectivity index (χ4n) is 2.43. The lowest BCUT2D eigenvalue weighted by Gasteiger charge is -2.29. The summed E-state index contributed by atoms with van der Waals surface area (Å²) in [4.78, 5) is 0. The summed E-state index contributed by atoms with van der Waals surface area (Å²) in [5.41, 5.74) is 7.39. The summed E-state index contributed by atoms with van der Waals surface area (Å²) in [7, 11) is -3.29. The maximum Gasteiger partial charge on any atom is 0.217 e. The van der Waals surface area contributed by atoms with Crippen LogP contribution < -0.4 is 5.73 Å². The van der Waals surface area contributed by atoms with Gasteiger partial charge in [0.25, 0.3) is 0 Å². The Hall–Kier alpha value is -1.11. The van der Waals surface area contributed by atoms with Crippen molar-refractivity contribution < 1.29 is 13.2 Å². The van der Waals surface area contributed by atoms with Crippen LogP contribution in [0.25, 0.3) is 0 Å². The maximum atomic E-state index is 12.7. The summed E-state index contributed by atoms with van der Waals surface area (Å²) in [6.07, 6.45) is 1.15. The van der Waals surface area contributed by atoms with Gasteiger partial charge in [0.15, 0.2) is 0 Å². The van der Waals surface area contributed by atoms with Crippen LogP contribution in [-0.2, 0) is 21.3 Å². The highest BCUT2D eigenvalue weighted by molar-refractivity contribution is 7.89. The van der Waals surface area contributed by atoms with Gasteiger partial charge in [0, 0.05) is 32.0 Å². The number of nitrogen functional groups attached to an aromatic ring is 1. The average Bonchev–Trinajstić information content (AvgIpc) is 2.47. The van der Waals surface area contributed by atoms with Crippen LogP contribution in [0.5, 0.6) is 0 Å². The van der Waals surface area contributed by atoms with E-state index in [0.29, 0.717) is 44.8 Å². The first-order valence-corrected chi connectivity index (χ1v) is 8.46. The summed E-state index contributed by atoms with van der Waals surface area (Å²) in [6, 6.07) is 7.39. The number of nitrogens with zero attached hydrogens (tertiary/aromatic N) is 1. The molecule has 0 atom stereocenters. The standard InChI is InChI=1S/C14H22N2O3S/c1-2-16(11-12-5-3-4-6-14(12)15)20(17,18)13-7-9-19-10-8-13/h3-6,13H,2,7-11,15H2,1H3. The largest absolute Gasteiger partial charge is 0.398 e. The van der Waals surface area contributed by atoms with Crippen LogP contribution in [0.1, 0.15) is 25.3 Å². The van der Waals surface area contributed by atoms with Gasteiger partial charge in [0.2, 0.25) is 10.0 Å². The first kappa shape index (κ1) is 15.3. The van der Waals surface area contributed by atoms with Gasteiger partial charge in [-0.15, -0.1) is 0 Å². The Balaban J connectivity index is 2.17. The van der Waals surface area contributed by atoms with Crippen molar-refractivity contribution >= 4 is 15.7 Å². The third kappa shape index (κ3) is 3.31. The Morgan fingerprint density at radius 1 is 1.30 bits per heavy atom. The lowest BCUT2D eigenvalue weighted by molar-refractivity contribution is 0.0972. The second-order valence-corrected chi connectivity index (χ2v) is 7.19. The number of para-hydroxylation sites is 1. The molecule has 0 bridgehead atoms. The normalized spacial score (nSPS) is 17.5. The zero-order chi connectivity index (χ0) is 14.6. The molecule has 0 aliphatic carbocycles. The summed E-state index contributed by atoms with van der Waals surface area (Å²) >= 11 is 0. The Labute approximate surface area is 120 Å². The quantitative estimate of drug-likeness (QED) is 0.838. The van der Waals surface area contributed by atoms with Gasteiger partial charge in [-0.3, -0.25) is 0 Å². The van der Waals surface area contributed by atoms with Crippen molar-refractivity contribution in [3.8, 4) is 0 Å². The Bertz CT molecular complexity index is 539. The maximum absolute atomic E-state index is 12.7. The lowest BCUT2D eigenvalue weighted by atomic mass is 10.2. The van der Waals surface area contributed by atoms with Crippen molar-refractivity contribution in [1.82, 2.24) is 4.31 Å². The molecule has 1 aliphatic rings. The van der Waals surface area contributed by atoms with Crippen molar-refractivity contribution in [3.63, 3.8) is 0 Å². The summed E-state index contributed by atoms with van der Waals surface area (Å²) in [6.45, 7) is 3.69. The molecular formula is C14H22N2O3S. The molecule has 0 amide bonds. The van der Waals surface area contributed by atoms with E-state index in [-0.39, 0.29) is 5.25 Å². The molecule has 1 heterocycles. The summed E-state index contributed by atoms with van der Waals surface area (Å²) in [5.74, 6) is 0. The van der Waals surface area contributed by atoms with E-state index < -0.39 is 10.0 Å². The third-order valence-corrected chi connectivity index (χ3v) is 6.12. The molecular weight excluding hydrogens is 276 g/mol. The predicted octanol–water partition coefficient (Wildman–Crippen LogP) is 1.60. The van der Waals surface area contributed by atoms with Crippen molar-refractivity contribution in [2.24, 2.45) is 0 Å². The van der Waals surface area contributed by atoms with Crippen LogP contribution >= 0.6 is 0 Å². The first-order chi connectivity index (χ1) is 9.55. The summed E-state index contributed by atoms with van der Waals surface area (Å²) < 4.78 is 32.1. The topological polar surface area (TPSA) is 72.6 Å². The third-order valence-electron chi connectivity index (χ3n) is 3.70. The predicted molar refractivity (Wildman–Crippen MR) is 79.7 cm³/mol. The zero-order valence-corrected chi connectivity index (χ0v) is 12.6. The van der Waals surface area contributed by atoms with E-state index >= 15 is 0 Å². The van der Waals surface area contributed by atoms with Crippen molar-refractivity contribution in [2.45, 2.75) is 31.6 Å². The molecule has 2 rings (SSSR count). The molecule has 0 aromatic heterocycles. The van der Waals surface area contributed by atoms with Gasteiger partial charge in [-0.25, -0.2) is 8.42 Å². The second-order valence-electron chi connectivity index (χ2n) is 4.98. The highest BCUT2D eigenvalue weighted by Gasteiger charge is 2.32. The lowest BCUT2D eigenvalue weighted by Crippen LogP contribution is -2.41. The fraction of sp³-hybridized carbons (Fsp3) is 0.571. The number of anilines is 1. The van der Waals surface area contributed by atoms with Gasteiger partial charge in [0.05, 0.1) is 5.25 Å². The minimum Gasteiger partial charge on any atom is -0.398 e. The van der Waals surface area contributed by atoms with Crippen LogP contribution in [0.15, 0.2) is 24.3 Å². The van der Waals surface area contributed by atoms with E-state index in [1.165, 1.54) is 4.31 Å². The monoisotopic (exact) mass is 298 g/mol. The molecule has 0 spiro atoms. The van der Waals surface area contributed by atoms with Gasteiger partial charge >= 0.3 is 0 Å². The van der Waals surface area contributed by atoms with Crippen LogP contribution in [0.2, 0.25) is 0 Å². The smallest absolute Gasteiger partial charge is 0.217 e. The average molecular weight is 298 g/mol. The molecule has 1 aromatic rings. The molecule has 0 radical (unpaired) electrons. The molecule has 5 nitrogen and oxygen atoms in total. The molecule has 1 fully saturated rings. The Morgan fingerprint density at radius 3 is 2.55 bits per heavy atom. The molecule has 0 unspecified atom stereocenters. The SMILES string of the molecule is CCN(Cc1ccccc1N)S(=O)(=O)C1CCOCC1. The van der Waals surface area contributed by atoms with Gasteiger partial charge in [0.1, 0.15) is 0 Å². The van der Waals surface area contributed by atoms with Crippen molar-refractivity contribution in [1.29, 1.82) is 0 Å². The number of nitrogens with two attached hydrogens (primary N) is 1. The Morgan fingerprint density at radius 2 is 1.95 bits per heavy atom. The van der Waals surface area contributed by atoms with Crippen LogP contribution in [0, 0.1) is 0 Å². The first-order valence-electron chi connectivity index (χ1n) is 6.95. The molecule has 1 aromatic carbocycles. The minimum absolute atomic E-state index is 0.332. The van der Waals surface area contributed by atoms with Crippen LogP contribution in [-0.4, -0.2) is 37.7 Å². The number of hydrogen-bond acceptors (Lipinski definition) is 4. The van der Waals surface area contributed by atoms with E-state index in [4.69, 9.17) is 10.5 Å². The molecule has 2 N–H and O–H groups in total. The highest BCUT2D eigenvalue weighted by atomic mass is 32.2. The number of hydrogen-bond donors (Lipinski definition) is 1. The highest BCUT2D eigenvalue weighted by Crippen LogP contribution is 2.23. The second kappa shape index (κ2) is 6.56. The molecule has 1 aliphatic heterocycles. The summed E-state index contributed by atoms with van der Waals surface area (Å²) in [5, 5.41) is -0.332. The molecule has 20 heavy (non-hydrogen) atoms.